The molecule has 5 nitrogen and oxygen atoms in total. The zero-order valence-corrected chi connectivity index (χ0v) is 26.7. The third kappa shape index (κ3) is 3.87. The lowest BCUT2D eigenvalue weighted by Crippen LogP contribution is -2.67. The van der Waals surface area contributed by atoms with E-state index in [1.807, 2.05) is 6.92 Å². The van der Waals surface area contributed by atoms with Crippen molar-refractivity contribution >= 4 is 11.9 Å². The summed E-state index contributed by atoms with van der Waals surface area (Å²) >= 11 is 0. The maximum atomic E-state index is 12.9. The number of allylic oxidation sites excluding steroid dienone is 1. The Morgan fingerprint density at radius 3 is 2.25 bits per heavy atom. The molecule has 4 saturated carbocycles. The van der Waals surface area contributed by atoms with Gasteiger partial charge in [0.15, 0.2) is 0 Å². The quantitative estimate of drug-likeness (QED) is 0.273. The highest BCUT2D eigenvalue weighted by Crippen LogP contribution is 2.76. The van der Waals surface area contributed by atoms with Crippen LogP contribution in [0.15, 0.2) is 11.6 Å². The molecule has 5 aliphatic carbocycles. The molecular formula is C35H56O5. The third-order valence-corrected chi connectivity index (χ3v) is 14.3. The van der Waals surface area contributed by atoms with Crippen molar-refractivity contribution in [3.63, 3.8) is 0 Å². The van der Waals surface area contributed by atoms with Crippen LogP contribution in [0.2, 0.25) is 0 Å². The summed E-state index contributed by atoms with van der Waals surface area (Å²) < 4.78 is 6.17. The molecule has 0 aromatic rings. The summed E-state index contributed by atoms with van der Waals surface area (Å²) in [5.74, 6) is 0.184. The highest BCUT2D eigenvalue weighted by Gasteiger charge is 2.71. The van der Waals surface area contributed by atoms with Gasteiger partial charge in [-0.05, 0) is 105 Å². The molecule has 0 aromatic carbocycles. The number of aliphatic hydroxyl groups is 1. The summed E-state index contributed by atoms with van der Waals surface area (Å²) in [6, 6.07) is 0. The van der Waals surface area contributed by atoms with E-state index in [0.29, 0.717) is 37.0 Å². The van der Waals surface area contributed by atoms with Crippen LogP contribution in [-0.2, 0) is 14.3 Å². The molecule has 226 valence electrons. The van der Waals surface area contributed by atoms with Gasteiger partial charge in [-0.2, -0.15) is 0 Å². The summed E-state index contributed by atoms with van der Waals surface area (Å²) in [6.07, 6.45) is 10.9. The molecule has 10 atom stereocenters. The van der Waals surface area contributed by atoms with Gasteiger partial charge < -0.3 is 14.9 Å². The van der Waals surface area contributed by atoms with E-state index in [9.17, 15) is 19.8 Å². The molecule has 0 spiro atoms. The summed E-state index contributed by atoms with van der Waals surface area (Å²) in [7, 11) is 0. The average Bonchev–Trinajstić information content (AvgIpc) is 2.83. The van der Waals surface area contributed by atoms with Crippen molar-refractivity contribution < 1.29 is 24.5 Å². The first-order valence-corrected chi connectivity index (χ1v) is 16.2. The Hall–Kier alpha value is -1.36. The molecular weight excluding hydrogens is 500 g/mol. The van der Waals surface area contributed by atoms with Gasteiger partial charge in [-0.25, -0.2) is 0 Å². The smallest absolute Gasteiger partial charge is 0.310 e. The first-order valence-electron chi connectivity index (χ1n) is 16.2. The Morgan fingerprint density at radius 2 is 1.62 bits per heavy atom. The van der Waals surface area contributed by atoms with Gasteiger partial charge in [-0.3, -0.25) is 9.59 Å². The molecule has 0 aliphatic heterocycles. The highest BCUT2D eigenvalue weighted by atomic mass is 16.5. The summed E-state index contributed by atoms with van der Waals surface area (Å²) in [5, 5.41) is 22.6. The molecule has 0 bridgehead atoms. The molecule has 40 heavy (non-hydrogen) atoms. The number of esters is 1. The number of hydrogen-bond acceptors (Lipinski definition) is 4. The third-order valence-electron chi connectivity index (χ3n) is 14.3. The van der Waals surface area contributed by atoms with Crippen LogP contribution in [0.4, 0.5) is 0 Å². The van der Waals surface area contributed by atoms with Crippen molar-refractivity contribution in [1.82, 2.24) is 0 Å². The minimum atomic E-state index is -1.03. The number of fused-ring (bicyclic) bond motifs is 7. The van der Waals surface area contributed by atoms with Crippen molar-refractivity contribution in [2.45, 2.75) is 138 Å². The molecule has 0 radical (unpaired) electrons. The van der Waals surface area contributed by atoms with Crippen molar-refractivity contribution in [3.8, 4) is 0 Å². The lowest BCUT2D eigenvalue weighted by atomic mass is 9.33. The van der Waals surface area contributed by atoms with Crippen LogP contribution in [-0.4, -0.2) is 33.9 Å². The molecule has 0 amide bonds. The van der Waals surface area contributed by atoms with E-state index < -0.39 is 17.0 Å². The van der Waals surface area contributed by atoms with Crippen molar-refractivity contribution in [2.24, 2.45) is 56.7 Å². The summed E-state index contributed by atoms with van der Waals surface area (Å²) in [5.41, 5.74) is -0.750. The lowest BCUT2D eigenvalue weighted by molar-refractivity contribution is -0.222. The fourth-order valence-electron chi connectivity index (χ4n) is 11.6. The van der Waals surface area contributed by atoms with Gasteiger partial charge in [0.05, 0.1) is 11.0 Å². The lowest BCUT2D eigenvalue weighted by Gasteiger charge is -2.71. The van der Waals surface area contributed by atoms with Gasteiger partial charge in [-0.15, -0.1) is 0 Å². The molecule has 0 aromatic heterocycles. The second-order valence-corrected chi connectivity index (χ2v) is 16.8. The minimum Gasteiger partial charge on any atom is -0.481 e. The number of hydrogen-bond donors (Lipinski definition) is 2. The second kappa shape index (κ2) is 9.32. The van der Waals surface area contributed by atoms with Crippen molar-refractivity contribution in [3.05, 3.63) is 11.6 Å². The predicted molar refractivity (Wildman–Crippen MR) is 157 cm³/mol. The van der Waals surface area contributed by atoms with Crippen LogP contribution in [0.25, 0.3) is 0 Å². The van der Waals surface area contributed by atoms with Crippen LogP contribution >= 0.6 is 0 Å². The van der Waals surface area contributed by atoms with Crippen LogP contribution in [0.5, 0.6) is 0 Å². The van der Waals surface area contributed by atoms with Gasteiger partial charge in [0, 0.05) is 17.8 Å². The number of ether oxygens (including phenoxy) is 1. The number of carbonyl (C=O) groups is 2. The summed E-state index contributed by atoms with van der Waals surface area (Å²) in [4.78, 5) is 25.6. The monoisotopic (exact) mass is 556 g/mol. The van der Waals surface area contributed by atoms with Gasteiger partial charge in [-0.1, -0.05) is 67.0 Å². The number of rotatable bonds is 4. The first kappa shape index (κ1) is 30.1. The minimum absolute atomic E-state index is 0.0288. The molecule has 0 saturated heterocycles. The van der Waals surface area contributed by atoms with E-state index in [1.54, 1.807) is 0 Å². The normalized spacial score (nSPS) is 49.6. The van der Waals surface area contributed by atoms with Crippen LogP contribution in [0.3, 0.4) is 0 Å². The Balaban J connectivity index is 1.52. The number of carboxylic acids is 1. The molecule has 5 aliphatic rings. The molecule has 5 rings (SSSR count). The molecule has 5 heteroatoms. The SMILES string of the molecule is CC(C)CC(=O)O[C@H]1CC[C@]2(C)[C@H]3CC=C4[C@H]5[C@](C(=O)O)(CC[C@@H](C)[C@@]5(C)O)CC[C@@]4(C)[C@]3(C)CC[C@H]2C1(C)C. The number of carboxylic acid groups (broad SMARTS) is 1. The fraction of sp³-hybridized carbons (Fsp3) is 0.886. The van der Waals surface area contributed by atoms with Gasteiger partial charge in [0.1, 0.15) is 6.10 Å². The van der Waals surface area contributed by atoms with Crippen LogP contribution in [0.1, 0.15) is 127 Å². The molecule has 0 unspecified atom stereocenters. The zero-order chi connectivity index (χ0) is 29.7. The average molecular weight is 557 g/mol. The van der Waals surface area contributed by atoms with E-state index in [0.717, 1.165) is 44.9 Å². The fourth-order valence-corrected chi connectivity index (χ4v) is 11.6. The Morgan fingerprint density at radius 1 is 0.950 bits per heavy atom. The van der Waals surface area contributed by atoms with Gasteiger partial charge in [0.2, 0.25) is 0 Å². The standard InChI is InChI=1S/C35H56O5/c1-21(2)20-27(36)40-26-14-15-31(6)24(30(26,4)5)13-16-33(8)25(31)11-10-23-28-34(9,39)22(3)12-17-35(28,29(37)38)19-18-32(23,33)7/h10,21-22,24-26,28,39H,11-20H2,1-9H3,(H,37,38)/t22-,24+,25-,26+,28-,31+,32-,33-,34-,35+/m1/s1. The molecule has 2 N–H and O–H groups in total. The Labute approximate surface area is 242 Å². The second-order valence-electron chi connectivity index (χ2n) is 16.8. The van der Waals surface area contributed by atoms with Crippen LogP contribution < -0.4 is 0 Å². The highest BCUT2D eigenvalue weighted by molar-refractivity contribution is 5.77. The first-order chi connectivity index (χ1) is 18.4. The maximum absolute atomic E-state index is 12.9. The molecule has 4 fully saturated rings. The van der Waals surface area contributed by atoms with E-state index in [2.05, 4.69) is 61.5 Å². The largest absolute Gasteiger partial charge is 0.481 e. The summed E-state index contributed by atoms with van der Waals surface area (Å²) in [6.45, 7) is 20.3. The number of aliphatic carboxylic acids is 1. The van der Waals surface area contributed by atoms with E-state index in [-0.39, 0.29) is 45.6 Å². The number of carbonyl (C=O) groups excluding carboxylic acids is 1. The Bertz CT molecular complexity index is 1090. The van der Waals surface area contributed by atoms with Crippen molar-refractivity contribution in [2.75, 3.05) is 0 Å². The van der Waals surface area contributed by atoms with Gasteiger partial charge >= 0.3 is 11.9 Å². The maximum Gasteiger partial charge on any atom is 0.310 e. The Kier molecular flexibility index (Phi) is 7.01. The topological polar surface area (TPSA) is 83.8 Å². The zero-order valence-electron chi connectivity index (χ0n) is 26.7. The predicted octanol–water partition coefficient (Wildman–Crippen LogP) is 7.80. The van der Waals surface area contributed by atoms with Gasteiger partial charge in [0.25, 0.3) is 0 Å². The molecule has 0 heterocycles. The van der Waals surface area contributed by atoms with E-state index in [1.165, 1.54) is 5.57 Å². The van der Waals surface area contributed by atoms with E-state index in [4.69, 9.17) is 4.74 Å². The van der Waals surface area contributed by atoms with Crippen LogP contribution in [0, 0.1) is 56.7 Å². The van der Waals surface area contributed by atoms with Crippen molar-refractivity contribution in [1.29, 1.82) is 0 Å². The van der Waals surface area contributed by atoms with E-state index >= 15 is 0 Å².